The van der Waals surface area contributed by atoms with Crippen molar-refractivity contribution >= 4 is 17.3 Å². The van der Waals surface area contributed by atoms with E-state index in [-0.39, 0.29) is 11.3 Å². The van der Waals surface area contributed by atoms with Crippen molar-refractivity contribution in [3.8, 4) is 0 Å². The summed E-state index contributed by atoms with van der Waals surface area (Å²) < 4.78 is 0. The van der Waals surface area contributed by atoms with Gasteiger partial charge < -0.3 is 10.6 Å². The van der Waals surface area contributed by atoms with E-state index in [1.54, 1.807) is 0 Å². The SMILES string of the molecule is CC(CC(=O)N1CCc2ccc(N)cc21)C(C)(C)C. The van der Waals surface area contributed by atoms with Gasteiger partial charge >= 0.3 is 0 Å². The average molecular weight is 260 g/mol. The van der Waals surface area contributed by atoms with E-state index in [0.29, 0.717) is 12.3 Å². The monoisotopic (exact) mass is 260 g/mol. The van der Waals surface area contributed by atoms with E-state index in [0.717, 1.165) is 24.3 Å². The van der Waals surface area contributed by atoms with Crippen LogP contribution in [0.2, 0.25) is 0 Å². The lowest BCUT2D eigenvalue weighted by atomic mass is 9.80. The molecule has 3 heteroatoms. The Bertz CT molecular complexity index is 488. The van der Waals surface area contributed by atoms with Gasteiger partial charge in [0.05, 0.1) is 0 Å². The van der Waals surface area contributed by atoms with E-state index in [1.165, 1.54) is 5.56 Å². The normalized spacial score (nSPS) is 16.3. The van der Waals surface area contributed by atoms with Gasteiger partial charge in [-0.05, 0) is 35.4 Å². The largest absolute Gasteiger partial charge is 0.399 e. The zero-order chi connectivity index (χ0) is 14.2. The van der Waals surface area contributed by atoms with Crippen LogP contribution in [0.25, 0.3) is 0 Å². The maximum atomic E-state index is 12.5. The van der Waals surface area contributed by atoms with Crippen molar-refractivity contribution in [3.63, 3.8) is 0 Å². The fourth-order valence-electron chi connectivity index (χ4n) is 2.33. The number of fused-ring (bicyclic) bond motifs is 1. The molecule has 1 unspecified atom stereocenters. The highest BCUT2D eigenvalue weighted by molar-refractivity contribution is 5.96. The fourth-order valence-corrected chi connectivity index (χ4v) is 2.33. The van der Waals surface area contributed by atoms with E-state index in [1.807, 2.05) is 23.1 Å². The van der Waals surface area contributed by atoms with E-state index in [9.17, 15) is 4.79 Å². The third-order valence-corrected chi connectivity index (χ3v) is 4.27. The number of hydrogen-bond donors (Lipinski definition) is 1. The first kappa shape index (κ1) is 13.9. The highest BCUT2D eigenvalue weighted by atomic mass is 16.2. The molecule has 1 amide bonds. The predicted octanol–water partition coefficient (Wildman–Crippen LogP) is 3.23. The van der Waals surface area contributed by atoms with Crippen LogP contribution in [-0.2, 0) is 11.2 Å². The van der Waals surface area contributed by atoms with Crippen molar-refractivity contribution in [2.75, 3.05) is 17.2 Å². The quantitative estimate of drug-likeness (QED) is 0.830. The van der Waals surface area contributed by atoms with Gasteiger partial charge in [-0.2, -0.15) is 0 Å². The van der Waals surface area contributed by atoms with Gasteiger partial charge in [0.1, 0.15) is 0 Å². The lowest BCUT2D eigenvalue weighted by Crippen LogP contribution is -2.32. The average Bonchev–Trinajstić information content (AvgIpc) is 2.70. The number of hydrogen-bond acceptors (Lipinski definition) is 2. The summed E-state index contributed by atoms with van der Waals surface area (Å²) in [6.45, 7) is 9.48. The van der Waals surface area contributed by atoms with Crippen molar-refractivity contribution in [1.29, 1.82) is 0 Å². The number of carbonyl (C=O) groups excluding carboxylic acids is 1. The number of nitrogen functional groups attached to an aromatic ring is 1. The van der Waals surface area contributed by atoms with Crippen LogP contribution in [0.4, 0.5) is 11.4 Å². The van der Waals surface area contributed by atoms with E-state index >= 15 is 0 Å². The molecular weight excluding hydrogens is 236 g/mol. The third kappa shape index (κ3) is 2.91. The Labute approximate surface area is 115 Å². The summed E-state index contributed by atoms with van der Waals surface area (Å²) in [6, 6.07) is 5.86. The minimum absolute atomic E-state index is 0.161. The lowest BCUT2D eigenvalue weighted by molar-refractivity contribution is -0.120. The van der Waals surface area contributed by atoms with Crippen LogP contribution >= 0.6 is 0 Å². The van der Waals surface area contributed by atoms with Gasteiger partial charge in [-0.15, -0.1) is 0 Å². The molecule has 1 heterocycles. The van der Waals surface area contributed by atoms with Crippen LogP contribution in [0, 0.1) is 11.3 Å². The van der Waals surface area contributed by atoms with Crippen LogP contribution in [0.5, 0.6) is 0 Å². The Balaban J connectivity index is 2.13. The Morgan fingerprint density at radius 1 is 1.42 bits per heavy atom. The third-order valence-electron chi connectivity index (χ3n) is 4.27. The van der Waals surface area contributed by atoms with E-state index < -0.39 is 0 Å². The summed E-state index contributed by atoms with van der Waals surface area (Å²) in [5, 5.41) is 0. The Morgan fingerprint density at radius 2 is 2.11 bits per heavy atom. The summed E-state index contributed by atoms with van der Waals surface area (Å²) in [4.78, 5) is 14.4. The highest BCUT2D eigenvalue weighted by Gasteiger charge is 2.29. The molecule has 0 radical (unpaired) electrons. The Hall–Kier alpha value is -1.51. The molecule has 1 atom stereocenters. The second kappa shape index (κ2) is 4.87. The minimum Gasteiger partial charge on any atom is -0.399 e. The standard InChI is InChI=1S/C16H24N2O/c1-11(16(2,3)4)9-15(19)18-8-7-12-5-6-13(17)10-14(12)18/h5-6,10-11H,7-9,17H2,1-4H3. The number of nitrogens with zero attached hydrogens (tertiary/aromatic N) is 1. The maximum absolute atomic E-state index is 12.5. The first-order chi connectivity index (χ1) is 8.79. The molecule has 3 nitrogen and oxygen atoms in total. The molecule has 104 valence electrons. The van der Waals surface area contributed by atoms with Crippen LogP contribution in [0.3, 0.4) is 0 Å². The Kier molecular flexibility index (Phi) is 3.57. The highest BCUT2D eigenvalue weighted by Crippen LogP contribution is 2.33. The van der Waals surface area contributed by atoms with Gasteiger partial charge in [-0.25, -0.2) is 0 Å². The van der Waals surface area contributed by atoms with Crippen LogP contribution in [0.1, 0.15) is 39.7 Å². The molecule has 1 aromatic carbocycles. The minimum atomic E-state index is 0.161. The number of nitrogens with two attached hydrogens (primary N) is 1. The molecule has 1 aliphatic heterocycles. The Morgan fingerprint density at radius 3 is 2.74 bits per heavy atom. The maximum Gasteiger partial charge on any atom is 0.227 e. The van der Waals surface area contributed by atoms with Crippen molar-refractivity contribution in [2.45, 2.75) is 40.5 Å². The molecule has 1 aliphatic rings. The summed E-state index contributed by atoms with van der Waals surface area (Å²) in [5.74, 6) is 0.580. The van der Waals surface area contributed by atoms with Crippen LogP contribution < -0.4 is 10.6 Å². The molecule has 2 N–H and O–H groups in total. The molecule has 19 heavy (non-hydrogen) atoms. The van der Waals surface area contributed by atoms with Gasteiger partial charge in [0.25, 0.3) is 0 Å². The fraction of sp³-hybridized carbons (Fsp3) is 0.562. The van der Waals surface area contributed by atoms with Crippen LogP contribution in [-0.4, -0.2) is 12.5 Å². The van der Waals surface area contributed by atoms with Gasteiger partial charge in [-0.1, -0.05) is 33.8 Å². The summed E-state index contributed by atoms with van der Waals surface area (Å²) in [7, 11) is 0. The van der Waals surface area contributed by atoms with Crippen molar-refractivity contribution in [3.05, 3.63) is 23.8 Å². The summed E-state index contributed by atoms with van der Waals surface area (Å²) in [5.41, 5.74) is 8.94. The number of benzene rings is 1. The summed E-state index contributed by atoms with van der Waals surface area (Å²) >= 11 is 0. The number of carbonyl (C=O) groups is 1. The van der Waals surface area contributed by atoms with Gasteiger partial charge in [0.15, 0.2) is 0 Å². The molecule has 2 rings (SSSR count). The molecular formula is C16H24N2O. The van der Waals surface area contributed by atoms with Gasteiger partial charge in [0.2, 0.25) is 5.91 Å². The second-order valence-electron chi connectivity index (χ2n) is 6.65. The molecule has 0 saturated carbocycles. The molecule has 0 fully saturated rings. The number of amides is 1. The zero-order valence-electron chi connectivity index (χ0n) is 12.4. The molecule has 0 saturated heterocycles. The van der Waals surface area contributed by atoms with E-state index in [4.69, 9.17) is 5.73 Å². The van der Waals surface area contributed by atoms with Crippen LogP contribution in [0.15, 0.2) is 18.2 Å². The number of anilines is 2. The molecule has 1 aromatic rings. The molecule has 0 aromatic heterocycles. The molecule has 0 spiro atoms. The topological polar surface area (TPSA) is 46.3 Å². The second-order valence-corrected chi connectivity index (χ2v) is 6.65. The van der Waals surface area contributed by atoms with Gasteiger partial charge in [0, 0.05) is 24.3 Å². The van der Waals surface area contributed by atoms with Gasteiger partial charge in [-0.3, -0.25) is 4.79 Å². The smallest absolute Gasteiger partial charge is 0.227 e. The predicted molar refractivity (Wildman–Crippen MR) is 80.1 cm³/mol. The van der Waals surface area contributed by atoms with E-state index in [2.05, 4.69) is 27.7 Å². The molecule has 0 aliphatic carbocycles. The molecule has 0 bridgehead atoms. The van der Waals surface area contributed by atoms with Crippen molar-refractivity contribution in [2.24, 2.45) is 11.3 Å². The van der Waals surface area contributed by atoms with Crippen molar-refractivity contribution in [1.82, 2.24) is 0 Å². The van der Waals surface area contributed by atoms with Crippen molar-refractivity contribution < 1.29 is 4.79 Å². The number of rotatable bonds is 2. The lowest BCUT2D eigenvalue weighted by Gasteiger charge is -2.28. The zero-order valence-corrected chi connectivity index (χ0v) is 12.4. The summed E-state index contributed by atoms with van der Waals surface area (Å²) in [6.07, 6.45) is 1.53. The first-order valence-corrected chi connectivity index (χ1v) is 6.98. The first-order valence-electron chi connectivity index (χ1n) is 6.98.